The number of carbonyl (C=O) groups excluding carboxylic acids is 1. The third kappa shape index (κ3) is 2.83. The first-order valence-electron chi connectivity index (χ1n) is 6.52. The van der Waals surface area contributed by atoms with Gasteiger partial charge in [-0.1, -0.05) is 6.07 Å². The molecule has 1 fully saturated rings. The minimum atomic E-state index is -3.45. The Bertz CT molecular complexity index is 764. The summed E-state index contributed by atoms with van der Waals surface area (Å²) in [6.45, 7) is 1.29. The fraction of sp³-hybridized carbons (Fsp3) is 0.333. The average molecular weight is 405 g/mol. The number of aromatic nitrogens is 2. The average Bonchev–Trinajstić information content (AvgIpc) is 3.18. The second kappa shape index (κ2) is 6.11. The molecule has 118 valence electrons. The van der Waals surface area contributed by atoms with Gasteiger partial charge in [0.2, 0.25) is 0 Å². The highest BCUT2D eigenvalue weighted by Crippen LogP contribution is 2.23. The first-order chi connectivity index (χ1) is 10.5. The normalized spacial score (nSPS) is 16.9. The number of rotatable bonds is 3. The number of sulfonamides is 1. The quantitative estimate of drug-likeness (QED) is 0.836. The van der Waals surface area contributed by atoms with Crippen molar-refractivity contribution in [2.75, 3.05) is 26.2 Å². The highest BCUT2D eigenvalue weighted by Gasteiger charge is 2.31. The molecule has 0 unspecified atom stereocenters. The lowest BCUT2D eigenvalue weighted by atomic mass is 10.3. The van der Waals surface area contributed by atoms with E-state index in [9.17, 15) is 13.2 Å². The highest BCUT2D eigenvalue weighted by atomic mass is 79.9. The number of hydrogen-bond donors (Lipinski definition) is 1. The Hall–Kier alpha value is -1.23. The molecule has 1 N–H and O–H groups in total. The summed E-state index contributed by atoms with van der Waals surface area (Å²) in [5, 5.41) is 8.19. The van der Waals surface area contributed by atoms with Crippen LogP contribution in [0.5, 0.6) is 0 Å². The summed E-state index contributed by atoms with van der Waals surface area (Å²) in [4.78, 5) is 13.9. The van der Waals surface area contributed by atoms with Gasteiger partial charge in [-0.3, -0.25) is 9.89 Å². The van der Waals surface area contributed by atoms with Crippen LogP contribution in [0.4, 0.5) is 0 Å². The molecule has 0 bridgehead atoms. The molecule has 0 aromatic carbocycles. The van der Waals surface area contributed by atoms with E-state index in [1.165, 1.54) is 21.8 Å². The monoisotopic (exact) mass is 404 g/mol. The third-order valence-electron chi connectivity index (χ3n) is 3.42. The smallest absolute Gasteiger partial charge is 0.273 e. The van der Waals surface area contributed by atoms with Crippen LogP contribution in [0.1, 0.15) is 10.5 Å². The Morgan fingerprint density at radius 2 is 2.05 bits per heavy atom. The molecule has 7 nitrogen and oxygen atoms in total. The number of aromatic amines is 1. The lowest BCUT2D eigenvalue weighted by Gasteiger charge is -2.33. The number of nitrogens with zero attached hydrogens (tertiary/aromatic N) is 3. The molecule has 1 amide bonds. The van der Waals surface area contributed by atoms with Crippen LogP contribution < -0.4 is 0 Å². The van der Waals surface area contributed by atoms with E-state index in [1.54, 1.807) is 22.4 Å². The standard InChI is InChI=1S/C12H13BrN4O3S2/c13-9-8-14-15-11(9)12(18)16-3-5-17(6-4-16)22(19,20)10-2-1-7-21-10/h1-2,7-8H,3-6H2,(H,14,15). The molecule has 10 heteroatoms. The Balaban J connectivity index is 1.68. The van der Waals surface area contributed by atoms with Crippen LogP contribution in [0, 0.1) is 0 Å². The molecule has 0 radical (unpaired) electrons. The van der Waals surface area contributed by atoms with E-state index in [2.05, 4.69) is 26.1 Å². The Labute approximate surface area is 140 Å². The van der Waals surface area contributed by atoms with Gasteiger partial charge < -0.3 is 4.90 Å². The minimum absolute atomic E-state index is 0.183. The molecule has 1 aliphatic rings. The summed E-state index contributed by atoms with van der Waals surface area (Å²) in [7, 11) is -3.45. The fourth-order valence-electron chi connectivity index (χ4n) is 2.25. The molecule has 3 heterocycles. The fourth-order valence-corrected chi connectivity index (χ4v) is 5.18. The zero-order valence-electron chi connectivity index (χ0n) is 11.4. The summed E-state index contributed by atoms with van der Waals surface area (Å²) < 4.78 is 27.2. The lowest BCUT2D eigenvalue weighted by Crippen LogP contribution is -2.50. The second-order valence-electron chi connectivity index (χ2n) is 4.72. The summed E-state index contributed by atoms with van der Waals surface area (Å²) in [5.74, 6) is -0.183. The maximum Gasteiger partial charge on any atom is 0.273 e. The van der Waals surface area contributed by atoms with Crippen LogP contribution in [0.15, 0.2) is 32.4 Å². The Morgan fingerprint density at radius 3 is 2.59 bits per heavy atom. The van der Waals surface area contributed by atoms with Gasteiger partial charge in [-0.05, 0) is 27.4 Å². The first kappa shape index (κ1) is 15.7. The van der Waals surface area contributed by atoms with Crippen LogP contribution in [-0.4, -0.2) is 59.9 Å². The van der Waals surface area contributed by atoms with Gasteiger partial charge in [-0.15, -0.1) is 11.3 Å². The summed E-state index contributed by atoms with van der Waals surface area (Å²) in [5.41, 5.74) is 0.384. The summed E-state index contributed by atoms with van der Waals surface area (Å²) >= 11 is 4.46. The largest absolute Gasteiger partial charge is 0.335 e. The van der Waals surface area contributed by atoms with Gasteiger partial charge in [-0.2, -0.15) is 9.40 Å². The molecule has 1 saturated heterocycles. The number of carbonyl (C=O) groups is 1. The van der Waals surface area contributed by atoms with Gasteiger partial charge in [0, 0.05) is 26.2 Å². The maximum atomic E-state index is 12.4. The Morgan fingerprint density at radius 1 is 1.32 bits per heavy atom. The van der Waals surface area contributed by atoms with Crippen molar-refractivity contribution in [1.82, 2.24) is 19.4 Å². The summed E-state index contributed by atoms with van der Waals surface area (Å²) in [6, 6.07) is 3.31. The zero-order valence-corrected chi connectivity index (χ0v) is 14.6. The third-order valence-corrected chi connectivity index (χ3v) is 7.29. The van der Waals surface area contributed by atoms with Crippen molar-refractivity contribution in [1.29, 1.82) is 0 Å². The van der Waals surface area contributed by atoms with Gasteiger partial charge in [0.15, 0.2) is 0 Å². The van der Waals surface area contributed by atoms with Crippen molar-refractivity contribution in [3.05, 3.63) is 33.9 Å². The highest BCUT2D eigenvalue weighted by molar-refractivity contribution is 9.10. The van der Waals surface area contributed by atoms with E-state index < -0.39 is 10.0 Å². The molecular formula is C12H13BrN4O3S2. The molecule has 0 aliphatic carbocycles. The topological polar surface area (TPSA) is 86.4 Å². The molecule has 1 aliphatic heterocycles. The van der Waals surface area contributed by atoms with E-state index in [4.69, 9.17) is 0 Å². The van der Waals surface area contributed by atoms with E-state index in [-0.39, 0.29) is 19.0 Å². The van der Waals surface area contributed by atoms with Crippen LogP contribution in [-0.2, 0) is 10.0 Å². The molecule has 3 rings (SSSR count). The summed E-state index contributed by atoms with van der Waals surface area (Å²) in [6.07, 6.45) is 1.52. The number of thiophene rings is 1. The van der Waals surface area contributed by atoms with Crippen LogP contribution in [0.2, 0.25) is 0 Å². The first-order valence-corrected chi connectivity index (χ1v) is 9.63. The second-order valence-corrected chi connectivity index (χ2v) is 8.69. The molecule has 2 aromatic heterocycles. The van der Waals surface area contributed by atoms with Gasteiger partial charge in [0.05, 0.1) is 10.7 Å². The predicted octanol–water partition coefficient (Wildman–Crippen LogP) is 1.38. The van der Waals surface area contributed by atoms with Crippen molar-refractivity contribution in [2.45, 2.75) is 4.21 Å². The van der Waals surface area contributed by atoms with Gasteiger partial charge >= 0.3 is 0 Å². The number of halogens is 1. The predicted molar refractivity (Wildman–Crippen MR) is 85.3 cm³/mol. The van der Waals surface area contributed by atoms with E-state index in [0.717, 1.165) is 0 Å². The van der Waals surface area contributed by atoms with Crippen molar-refractivity contribution < 1.29 is 13.2 Å². The maximum absolute atomic E-state index is 12.4. The van der Waals surface area contributed by atoms with Gasteiger partial charge in [0.1, 0.15) is 9.90 Å². The van der Waals surface area contributed by atoms with Crippen LogP contribution in [0.25, 0.3) is 0 Å². The van der Waals surface area contributed by atoms with Crippen molar-refractivity contribution in [3.63, 3.8) is 0 Å². The lowest BCUT2D eigenvalue weighted by molar-refractivity contribution is 0.0691. The number of nitrogens with one attached hydrogen (secondary N) is 1. The molecule has 22 heavy (non-hydrogen) atoms. The molecule has 0 spiro atoms. The van der Waals surface area contributed by atoms with E-state index in [0.29, 0.717) is 27.5 Å². The number of amides is 1. The number of piperazine rings is 1. The van der Waals surface area contributed by atoms with Crippen LogP contribution >= 0.6 is 27.3 Å². The van der Waals surface area contributed by atoms with E-state index >= 15 is 0 Å². The van der Waals surface area contributed by atoms with Gasteiger partial charge in [-0.25, -0.2) is 8.42 Å². The number of H-pyrrole nitrogens is 1. The minimum Gasteiger partial charge on any atom is -0.335 e. The van der Waals surface area contributed by atoms with Crippen molar-refractivity contribution >= 4 is 43.2 Å². The number of hydrogen-bond acceptors (Lipinski definition) is 5. The van der Waals surface area contributed by atoms with Gasteiger partial charge in [0.25, 0.3) is 15.9 Å². The zero-order chi connectivity index (χ0) is 15.7. The van der Waals surface area contributed by atoms with Crippen LogP contribution in [0.3, 0.4) is 0 Å². The van der Waals surface area contributed by atoms with E-state index in [1.807, 2.05) is 0 Å². The molecular weight excluding hydrogens is 392 g/mol. The van der Waals surface area contributed by atoms with Crippen molar-refractivity contribution in [3.8, 4) is 0 Å². The Kier molecular flexibility index (Phi) is 4.35. The molecule has 0 atom stereocenters. The molecule has 2 aromatic rings. The SMILES string of the molecule is O=C(c1[nH]ncc1Br)N1CCN(S(=O)(=O)c2cccs2)CC1. The molecule has 0 saturated carbocycles. The van der Waals surface area contributed by atoms with Crippen molar-refractivity contribution in [2.24, 2.45) is 0 Å².